The van der Waals surface area contributed by atoms with Crippen LogP contribution in [0, 0.1) is 0 Å². The fourth-order valence-corrected chi connectivity index (χ4v) is 2.39. The Bertz CT molecular complexity index is 797. The molecule has 1 heterocycles. The summed E-state index contributed by atoms with van der Waals surface area (Å²) in [5.41, 5.74) is 1.19. The zero-order chi connectivity index (χ0) is 20.6. The van der Waals surface area contributed by atoms with Crippen LogP contribution in [0.5, 0.6) is 0 Å². The second-order valence-electron chi connectivity index (χ2n) is 7.16. The average Bonchev–Trinajstić information content (AvgIpc) is 3.01. The molecule has 1 aromatic heterocycles. The number of aromatic nitrogens is 2. The smallest absolute Gasteiger partial charge is 0.407 e. The third-order valence-corrected chi connectivity index (χ3v) is 3.64. The van der Waals surface area contributed by atoms with Gasteiger partial charge in [-0.05, 0) is 45.4 Å². The third-order valence-electron chi connectivity index (χ3n) is 3.64. The van der Waals surface area contributed by atoms with Gasteiger partial charge in [0.1, 0.15) is 12.4 Å². The van der Waals surface area contributed by atoms with Crippen molar-refractivity contribution in [3.8, 4) is 0 Å². The quantitative estimate of drug-likeness (QED) is 0.471. The number of fused-ring (bicyclic) bond motifs is 1. The highest BCUT2D eigenvalue weighted by Crippen LogP contribution is 2.15. The molecule has 0 bridgehead atoms. The number of ether oxygens (including phenoxy) is 3. The maximum Gasteiger partial charge on any atom is 0.407 e. The van der Waals surface area contributed by atoms with Crippen molar-refractivity contribution in [1.82, 2.24) is 14.9 Å². The van der Waals surface area contributed by atoms with E-state index in [4.69, 9.17) is 19.3 Å². The molecule has 0 saturated heterocycles. The molecule has 0 aliphatic carbocycles. The van der Waals surface area contributed by atoms with Crippen LogP contribution in [0.3, 0.4) is 0 Å². The van der Waals surface area contributed by atoms with Gasteiger partial charge >= 0.3 is 12.1 Å². The average molecular weight is 393 g/mol. The SMILES string of the molecule is CC(C)(C)OC(=O)NCCCOCOCCn1cnc2cc(C(=O)O)ccc21. The number of imidazole rings is 1. The second-order valence-corrected chi connectivity index (χ2v) is 7.16. The maximum atomic E-state index is 11.5. The Labute approximate surface area is 163 Å². The Morgan fingerprint density at radius 3 is 2.68 bits per heavy atom. The minimum absolute atomic E-state index is 0.155. The van der Waals surface area contributed by atoms with Crippen LogP contribution < -0.4 is 5.32 Å². The molecule has 0 aliphatic rings. The van der Waals surface area contributed by atoms with Crippen molar-refractivity contribution in [1.29, 1.82) is 0 Å². The van der Waals surface area contributed by atoms with Crippen LogP contribution >= 0.6 is 0 Å². The van der Waals surface area contributed by atoms with E-state index < -0.39 is 17.7 Å². The molecular formula is C19H27N3O6. The number of carbonyl (C=O) groups is 2. The Morgan fingerprint density at radius 2 is 1.96 bits per heavy atom. The molecule has 2 N–H and O–H groups in total. The number of nitrogens with zero attached hydrogens (tertiary/aromatic N) is 2. The molecule has 0 atom stereocenters. The topological polar surface area (TPSA) is 112 Å². The number of amides is 1. The Balaban J connectivity index is 1.57. The molecule has 2 rings (SSSR count). The van der Waals surface area contributed by atoms with Crippen molar-refractivity contribution >= 4 is 23.1 Å². The molecule has 0 unspecified atom stereocenters. The van der Waals surface area contributed by atoms with E-state index in [1.54, 1.807) is 24.5 Å². The summed E-state index contributed by atoms with van der Waals surface area (Å²) in [4.78, 5) is 26.7. The van der Waals surface area contributed by atoms with E-state index in [2.05, 4.69) is 10.3 Å². The molecule has 1 amide bonds. The van der Waals surface area contributed by atoms with Crippen LogP contribution in [0.1, 0.15) is 37.6 Å². The highest BCUT2D eigenvalue weighted by molar-refractivity contribution is 5.92. The molecule has 0 spiro atoms. The first-order chi connectivity index (χ1) is 13.3. The largest absolute Gasteiger partial charge is 0.478 e. The predicted molar refractivity (Wildman–Crippen MR) is 102 cm³/mol. The van der Waals surface area contributed by atoms with Gasteiger partial charge in [-0.25, -0.2) is 14.6 Å². The summed E-state index contributed by atoms with van der Waals surface area (Å²) >= 11 is 0. The minimum atomic E-state index is -0.974. The number of carboxylic acid groups (broad SMARTS) is 1. The van der Waals surface area contributed by atoms with Crippen molar-refractivity contribution in [2.24, 2.45) is 0 Å². The van der Waals surface area contributed by atoms with Crippen LogP contribution in [-0.2, 0) is 20.8 Å². The van der Waals surface area contributed by atoms with Crippen molar-refractivity contribution in [3.05, 3.63) is 30.1 Å². The minimum Gasteiger partial charge on any atom is -0.478 e. The lowest BCUT2D eigenvalue weighted by molar-refractivity contribution is -0.0560. The molecular weight excluding hydrogens is 366 g/mol. The Morgan fingerprint density at radius 1 is 1.21 bits per heavy atom. The van der Waals surface area contributed by atoms with Gasteiger partial charge in [-0.2, -0.15) is 0 Å². The van der Waals surface area contributed by atoms with Gasteiger partial charge in [0.05, 0.1) is 36.1 Å². The number of hydrogen-bond acceptors (Lipinski definition) is 6. The van der Waals surface area contributed by atoms with Gasteiger partial charge in [0.2, 0.25) is 0 Å². The van der Waals surface area contributed by atoms with Crippen molar-refractivity contribution in [2.45, 2.75) is 39.3 Å². The van der Waals surface area contributed by atoms with E-state index in [1.807, 2.05) is 25.3 Å². The summed E-state index contributed by atoms with van der Waals surface area (Å²) in [6.45, 7) is 7.53. The van der Waals surface area contributed by atoms with Crippen molar-refractivity contribution < 1.29 is 28.9 Å². The predicted octanol–water partition coefficient (Wildman–Crippen LogP) is 2.64. The maximum absolute atomic E-state index is 11.5. The first-order valence-corrected chi connectivity index (χ1v) is 9.07. The number of hydrogen-bond donors (Lipinski definition) is 2. The third kappa shape index (κ3) is 7.16. The van der Waals surface area contributed by atoms with Gasteiger partial charge in [-0.15, -0.1) is 0 Å². The Kier molecular flexibility index (Phi) is 7.77. The van der Waals surface area contributed by atoms with E-state index >= 15 is 0 Å². The normalized spacial score (nSPS) is 11.5. The van der Waals surface area contributed by atoms with E-state index in [9.17, 15) is 9.59 Å². The summed E-state index contributed by atoms with van der Waals surface area (Å²) in [6, 6.07) is 4.83. The number of carbonyl (C=O) groups excluding carboxylic acids is 1. The van der Waals surface area contributed by atoms with Gasteiger partial charge < -0.3 is 29.2 Å². The lowest BCUT2D eigenvalue weighted by atomic mass is 10.2. The summed E-state index contributed by atoms with van der Waals surface area (Å²) in [6.07, 6.45) is 1.87. The summed E-state index contributed by atoms with van der Waals surface area (Å²) < 4.78 is 17.8. The molecule has 1 aromatic carbocycles. The Hall–Kier alpha value is -2.65. The zero-order valence-electron chi connectivity index (χ0n) is 16.4. The van der Waals surface area contributed by atoms with Gasteiger partial charge in [0, 0.05) is 13.1 Å². The van der Waals surface area contributed by atoms with Crippen molar-refractivity contribution in [3.63, 3.8) is 0 Å². The standard InChI is InChI=1S/C19H27N3O6/c1-19(2,3)28-18(25)20-7-4-9-26-13-27-10-8-22-12-21-15-11-14(17(23)24)5-6-16(15)22/h5-6,11-12H,4,7-10,13H2,1-3H3,(H,20,25)(H,23,24). The van der Waals surface area contributed by atoms with Crippen LogP contribution in [0.4, 0.5) is 4.79 Å². The summed E-state index contributed by atoms with van der Waals surface area (Å²) in [7, 11) is 0. The molecule has 0 fully saturated rings. The van der Waals surface area contributed by atoms with Gasteiger partial charge in [0.15, 0.2) is 0 Å². The van der Waals surface area contributed by atoms with E-state index in [1.165, 1.54) is 0 Å². The van der Waals surface area contributed by atoms with Crippen LogP contribution in [0.25, 0.3) is 11.0 Å². The monoisotopic (exact) mass is 393 g/mol. The van der Waals surface area contributed by atoms with Gasteiger partial charge in [-0.3, -0.25) is 0 Å². The molecule has 0 saturated carbocycles. The van der Waals surface area contributed by atoms with Crippen LogP contribution in [-0.4, -0.2) is 58.9 Å². The number of benzene rings is 1. The number of nitrogens with one attached hydrogen (secondary N) is 1. The van der Waals surface area contributed by atoms with Crippen LogP contribution in [0.15, 0.2) is 24.5 Å². The molecule has 28 heavy (non-hydrogen) atoms. The van der Waals surface area contributed by atoms with Gasteiger partial charge in [0.25, 0.3) is 0 Å². The molecule has 154 valence electrons. The molecule has 0 radical (unpaired) electrons. The van der Waals surface area contributed by atoms with Gasteiger partial charge in [-0.1, -0.05) is 0 Å². The van der Waals surface area contributed by atoms with Crippen LogP contribution in [0.2, 0.25) is 0 Å². The number of alkyl carbamates (subject to hydrolysis) is 1. The van der Waals surface area contributed by atoms with Crippen molar-refractivity contribution in [2.75, 3.05) is 26.6 Å². The summed E-state index contributed by atoms with van der Waals surface area (Å²) in [5, 5.41) is 11.7. The number of aromatic carboxylic acids is 1. The highest BCUT2D eigenvalue weighted by Gasteiger charge is 2.15. The zero-order valence-corrected chi connectivity index (χ0v) is 16.4. The van der Waals surface area contributed by atoms with E-state index in [0.717, 1.165) is 5.52 Å². The second kappa shape index (κ2) is 10.0. The number of rotatable bonds is 10. The molecule has 9 nitrogen and oxygen atoms in total. The molecule has 0 aliphatic heterocycles. The molecule has 9 heteroatoms. The fourth-order valence-electron chi connectivity index (χ4n) is 2.39. The first kappa shape index (κ1) is 21.6. The van der Waals surface area contributed by atoms with E-state index in [0.29, 0.717) is 38.2 Å². The highest BCUT2D eigenvalue weighted by atomic mass is 16.7. The summed E-state index contributed by atoms with van der Waals surface area (Å²) in [5.74, 6) is -0.974. The lowest BCUT2D eigenvalue weighted by Crippen LogP contribution is -2.33. The first-order valence-electron chi connectivity index (χ1n) is 9.07. The lowest BCUT2D eigenvalue weighted by Gasteiger charge is -2.19. The number of carboxylic acids is 1. The fraction of sp³-hybridized carbons (Fsp3) is 0.526. The van der Waals surface area contributed by atoms with E-state index in [-0.39, 0.29) is 12.4 Å². The molecule has 2 aromatic rings.